The van der Waals surface area contributed by atoms with Crippen LogP contribution in [0, 0.1) is 0 Å². The number of aromatic nitrogens is 1. The van der Waals surface area contributed by atoms with E-state index >= 15 is 0 Å². The van der Waals surface area contributed by atoms with Crippen LogP contribution in [0.5, 0.6) is 11.6 Å². The summed E-state index contributed by atoms with van der Waals surface area (Å²) in [6.45, 7) is 0. The molecule has 1 aromatic heterocycles. The van der Waals surface area contributed by atoms with Crippen molar-refractivity contribution in [1.82, 2.24) is 4.98 Å². The van der Waals surface area contributed by atoms with E-state index in [4.69, 9.17) is 9.47 Å². The van der Waals surface area contributed by atoms with Crippen LogP contribution < -0.4 is 9.47 Å². The van der Waals surface area contributed by atoms with E-state index in [0.717, 1.165) is 11.1 Å². The van der Waals surface area contributed by atoms with E-state index in [1.165, 1.54) is 0 Å². The second kappa shape index (κ2) is 5.87. The highest BCUT2D eigenvalue weighted by Gasteiger charge is 2.04. The van der Waals surface area contributed by atoms with Crippen molar-refractivity contribution in [3.05, 3.63) is 53.7 Å². The zero-order chi connectivity index (χ0) is 12.8. The zero-order valence-electron chi connectivity index (χ0n) is 10.5. The van der Waals surface area contributed by atoms with Crippen molar-refractivity contribution < 1.29 is 9.47 Å². The van der Waals surface area contributed by atoms with Gasteiger partial charge in [-0.05, 0) is 17.2 Å². The molecule has 0 radical (unpaired) electrons. The maximum absolute atomic E-state index is 5.21. The number of hydrogen-bond donors (Lipinski definition) is 0. The van der Waals surface area contributed by atoms with E-state index in [1.807, 2.05) is 48.6 Å². The van der Waals surface area contributed by atoms with Crippen molar-refractivity contribution in [2.75, 3.05) is 14.2 Å². The molecule has 2 rings (SSSR count). The molecule has 0 aliphatic carbocycles. The fraction of sp³-hybridized carbons (Fsp3) is 0.133. The summed E-state index contributed by atoms with van der Waals surface area (Å²) >= 11 is 0. The highest BCUT2D eigenvalue weighted by atomic mass is 16.5. The van der Waals surface area contributed by atoms with Gasteiger partial charge in [-0.1, -0.05) is 42.5 Å². The molecule has 0 amide bonds. The molecule has 0 spiro atoms. The van der Waals surface area contributed by atoms with Gasteiger partial charge >= 0.3 is 0 Å². The summed E-state index contributed by atoms with van der Waals surface area (Å²) in [6, 6.07) is 12.0. The Morgan fingerprint density at radius 1 is 0.944 bits per heavy atom. The van der Waals surface area contributed by atoms with E-state index in [-0.39, 0.29) is 0 Å². The van der Waals surface area contributed by atoms with Gasteiger partial charge in [0.1, 0.15) is 0 Å². The monoisotopic (exact) mass is 241 g/mol. The Labute approximate surface area is 107 Å². The lowest BCUT2D eigenvalue weighted by Gasteiger charge is -2.06. The molecule has 0 aliphatic rings. The Hall–Kier alpha value is -2.29. The number of methoxy groups -OCH3 is 2. The summed E-state index contributed by atoms with van der Waals surface area (Å²) in [4.78, 5) is 4.18. The summed E-state index contributed by atoms with van der Waals surface area (Å²) in [5.41, 5.74) is 2.11. The molecule has 3 nitrogen and oxygen atoms in total. The zero-order valence-corrected chi connectivity index (χ0v) is 10.5. The first-order chi connectivity index (χ1) is 8.83. The van der Waals surface area contributed by atoms with Gasteiger partial charge in [-0.15, -0.1) is 0 Å². The van der Waals surface area contributed by atoms with Crippen LogP contribution in [0.25, 0.3) is 12.2 Å². The lowest BCUT2D eigenvalue weighted by Crippen LogP contribution is -1.93. The Balaban J connectivity index is 2.22. The maximum atomic E-state index is 5.21. The molecule has 2 aromatic rings. The van der Waals surface area contributed by atoms with E-state index < -0.39 is 0 Å². The fourth-order valence-corrected chi connectivity index (χ4v) is 1.59. The van der Waals surface area contributed by atoms with Gasteiger partial charge in [0.2, 0.25) is 0 Å². The first-order valence-corrected chi connectivity index (χ1v) is 5.64. The van der Waals surface area contributed by atoms with Crippen molar-refractivity contribution in [3.63, 3.8) is 0 Å². The average Bonchev–Trinajstić information content (AvgIpc) is 2.45. The van der Waals surface area contributed by atoms with Gasteiger partial charge in [-0.2, -0.15) is 0 Å². The van der Waals surface area contributed by atoms with E-state index in [2.05, 4.69) is 4.98 Å². The first-order valence-electron chi connectivity index (χ1n) is 5.64. The molecule has 1 aromatic carbocycles. The van der Waals surface area contributed by atoms with Crippen molar-refractivity contribution in [2.24, 2.45) is 0 Å². The normalized spacial score (nSPS) is 10.6. The summed E-state index contributed by atoms with van der Waals surface area (Å²) in [7, 11) is 3.18. The fourth-order valence-electron chi connectivity index (χ4n) is 1.59. The van der Waals surface area contributed by atoms with Gasteiger partial charge in [0.25, 0.3) is 5.88 Å². The SMILES string of the molecule is COc1cc(C=Cc2ccccc2)cnc1OC. The maximum Gasteiger partial charge on any atom is 0.256 e. The van der Waals surface area contributed by atoms with Gasteiger partial charge < -0.3 is 9.47 Å². The Morgan fingerprint density at radius 3 is 2.33 bits per heavy atom. The largest absolute Gasteiger partial charge is 0.491 e. The van der Waals surface area contributed by atoms with Crippen LogP contribution in [0.4, 0.5) is 0 Å². The molecule has 3 heteroatoms. The predicted octanol–water partition coefficient (Wildman–Crippen LogP) is 3.27. The van der Waals surface area contributed by atoms with Crippen molar-refractivity contribution in [2.45, 2.75) is 0 Å². The highest BCUT2D eigenvalue weighted by Crippen LogP contribution is 2.25. The summed E-state index contributed by atoms with van der Waals surface area (Å²) in [6.07, 6.45) is 5.77. The second-order valence-electron chi connectivity index (χ2n) is 3.72. The molecule has 18 heavy (non-hydrogen) atoms. The van der Waals surface area contributed by atoms with Crippen LogP contribution in [0.3, 0.4) is 0 Å². The minimum absolute atomic E-state index is 0.495. The quantitative estimate of drug-likeness (QED) is 0.823. The van der Waals surface area contributed by atoms with Gasteiger partial charge in [0, 0.05) is 6.20 Å². The smallest absolute Gasteiger partial charge is 0.256 e. The lowest BCUT2D eigenvalue weighted by atomic mass is 10.1. The second-order valence-corrected chi connectivity index (χ2v) is 3.72. The van der Waals surface area contributed by atoms with Crippen LogP contribution >= 0.6 is 0 Å². The minimum Gasteiger partial charge on any atom is -0.491 e. The van der Waals surface area contributed by atoms with Gasteiger partial charge in [-0.25, -0.2) is 4.98 Å². The van der Waals surface area contributed by atoms with Crippen molar-refractivity contribution >= 4 is 12.2 Å². The highest BCUT2D eigenvalue weighted by molar-refractivity contribution is 5.70. The van der Waals surface area contributed by atoms with Crippen LogP contribution in [0.2, 0.25) is 0 Å². The van der Waals surface area contributed by atoms with Crippen LogP contribution in [0.1, 0.15) is 11.1 Å². The van der Waals surface area contributed by atoms with Gasteiger partial charge in [0.05, 0.1) is 14.2 Å². The van der Waals surface area contributed by atoms with Crippen molar-refractivity contribution in [3.8, 4) is 11.6 Å². The van der Waals surface area contributed by atoms with Gasteiger partial charge in [-0.3, -0.25) is 0 Å². The summed E-state index contributed by atoms with van der Waals surface area (Å²) in [5, 5.41) is 0. The number of benzene rings is 1. The third-order valence-corrected chi connectivity index (χ3v) is 2.52. The van der Waals surface area contributed by atoms with Crippen LogP contribution in [-0.2, 0) is 0 Å². The average molecular weight is 241 g/mol. The molecule has 0 saturated carbocycles. The number of nitrogens with zero attached hydrogens (tertiary/aromatic N) is 1. The first kappa shape index (κ1) is 12.2. The number of rotatable bonds is 4. The molecular formula is C15H15NO2. The van der Waals surface area contributed by atoms with Crippen molar-refractivity contribution in [1.29, 1.82) is 0 Å². The van der Waals surface area contributed by atoms with Crippen LogP contribution in [-0.4, -0.2) is 19.2 Å². The van der Waals surface area contributed by atoms with Crippen LogP contribution in [0.15, 0.2) is 42.6 Å². The third kappa shape index (κ3) is 2.88. The molecule has 0 bridgehead atoms. The molecule has 0 aliphatic heterocycles. The molecule has 1 heterocycles. The molecule has 0 saturated heterocycles. The van der Waals surface area contributed by atoms with Gasteiger partial charge in [0.15, 0.2) is 5.75 Å². The predicted molar refractivity (Wildman–Crippen MR) is 72.7 cm³/mol. The summed E-state index contributed by atoms with van der Waals surface area (Å²) in [5.74, 6) is 1.13. The standard InChI is InChI=1S/C15H15NO2/c1-17-14-10-13(11-16-15(14)18-2)9-8-12-6-4-3-5-7-12/h3-11H,1-2H3. The Kier molecular flexibility index (Phi) is 3.97. The third-order valence-electron chi connectivity index (χ3n) is 2.52. The number of ether oxygens (including phenoxy) is 2. The molecule has 0 N–H and O–H groups in total. The number of hydrogen-bond acceptors (Lipinski definition) is 3. The number of pyridine rings is 1. The Bertz CT molecular complexity index is 535. The molecule has 0 atom stereocenters. The molecule has 92 valence electrons. The summed E-state index contributed by atoms with van der Waals surface area (Å²) < 4.78 is 10.3. The van der Waals surface area contributed by atoms with E-state index in [9.17, 15) is 0 Å². The van der Waals surface area contributed by atoms with E-state index in [0.29, 0.717) is 11.6 Å². The molecular weight excluding hydrogens is 226 g/mol. The Morgan fingerprint density at radius 2 is 1.67 bits per heavy atom. The van der Waals surface area contributed by atoms with E-state index in [1.54, 1.807) is 20.4 Å². The topological polar surface area (TPSA) is 31.4 Å². The molecule has 0 fully saturated rings. The minimum atomic E-state index is 0.495. The lowest BCUT2D eigenvalue weighted by molar-refractivity contribution is 0.343. The molecule has 0 unspecified atom stereocenters.